The molecular weight excluding hydrogens is 230 g/mol. The molecule has 1 aromatic carbocycles. The first-order chi connectivity index (χ1) is 8.58. The van der Waals surface area contributed by atoms with Crippen LogP contribution >= 0.6 is 0 Å². The largest absolute Gasteiger partial charge is 0.438 e. The molecule has 5 heteroatoms. The number of carbonyl (C=O) groups excluding carboxylic acids is 1. The van der Waals surface area contributed by atoms with Crippen LogP contribution in [0.3, 0.4) is 0 Å². The first kappa shape index (κ1) is 11.9. The lowest BCUT2D eigenvalue weighted by Crippen LogP contribution is -2.13. The highest BCUT2D eigenvalue weighted by molar-refractivity contribution is 5.95. The van der Waals surface area contributed by atoms with Crippen molar-refractivity contribution in [2.45, 2.75) is 6.92 Å². The Bertz CT molecular complexity index is 597. The Morgan fingerprint density at radius 1 is 1.33 bits per heavy atom. The van der Waals surface area contributed by atoms with Crippen molar-refractivity contribution in [2.75, 3.05) is 5.73 Å². The summed E-state index contributed by atoms with van der Waals surface area (Å²) in [7, 11) is 0. The van der Waals surface area contributed by atoms with Crippen molar-refractivity contribution in [3.8, 4) is 11.6 Å². The number of pyridine rings is 1. The van der Waals surface area contributed by atoms with E-state index in [0.29, 0.717) is 11.4 Å². The Hall–Kier alpha value is -2.56. The average Bonchev–Trinajstić information content (AvgIpc) is 2.34. The predicted molar refractivity (Wildman–Crippen MR) is 68.4 cm³/mol. The van der Waals surface area contributed by atoms with Crippen LogP contribution in [0.25, 0.3) is 0 Å². The first-order valence-electron chi connectivity index (χ1n) is 5.36. The summed E-state index contributed by atoms with van der Waals surface area (Å²) in [5.41, 5.74) is 12.3. The van der Waals surface area contributed by atoms with E-state index in [9.17, 15) is 4.79 Å². The third-order valence-electron chi connectivity index (χ3n) is 2.44. The number of aryl methyl sites for hydroxylation is 1. The number of aromatic nitrogens is 1. The van der Waals surface area contributed by atoms with Gasteiger partial charge in [0.2, 0.25) is 5.88 Å². The second kappa shape index (κ2) is 4.75. The van der Waals surface area contributed by atoms with Gasteiger partial charge in [-0.1, -0.05) is 18.2 Å². The van der Waals surface area contributed by atoms with Crippen LogP contribution in [0.5, 0.6) is 11.6 Å². The van der Waals surface area contributed by atoms with Crippen molar-refractivity contribution >= 4 is 11.6 Å². The van der Waals surface area contributed by atoms with Crippen molar-refractivity contribution in [3.05, 3.63) is 47.7 Å². The van der Waals surface area contributed by atoms with E-state index in [0.717, 1.165) is 5.56 Å². The van der Waals surface area contributed by atoms with Gasteiger partial charge in [0.05, 0.1) is 11.9 Å². The highest BCUT2D eigenvalue weighted by Crippen LogP contribution is 2.26. The van der Waals surface area contributed by atoms with Gasteiger partial charge >= 0.3 is 0 Å². The van der Waals surface area contributed by atoms with E-state index in [1.54, 1.807) is 6.07 Å². The topological polar surface area (TPSA) is 91.2 Å². The van der Waals surface area contributed by atoms with Crippen molar-refractivity contribution < 1.29 is 9.53 Å². The van der Waals surface area contributed by atoms with Crippen LogP contribution in [-0.2, 0) is 0 Å². The monoisotopic (exact) mass is 243 g/mol. The van der Waals surface area contributed by atoms with Gasteiger partial charge in [-0.2, -0.15) is 0 Å². The SMILES string of the molecule is Cc1ccccc1Oc1ncc(N)cc1C(N)=O. The number of nitrogens with two attached hydrogens (primary N) is 2. The number of hydrogen-bond acceptors (Lipinski definition) is 4. The number of benzene rings is 1. The van der Waals surface area contributed by atoms with Crippen molar-refractivity contribution in [2.24, 2.45) is 5.73 Å². The lowest BCUT2D eigenvalue weighted by atomic mass is 10.2. The van der Waals surface area contributed by atoms with E-state index in [1.807, 2.05) is 25.1 Å². The number of primary amides is 1. The number of ether oxygens (including phenoxy) is 1. The van der Waals surface area contributed by atoms with Gasteiger partial charge < -0.3 is 16.2 Å². The molecule has 2 rings (SSSR count). The summed E-state index contributed by atoms with van der Waals surface area (Å²) >= 11 is 0. The molecule has 0 radical (unpaired) electrons. The lowest BCUT2D eigenvalue weighted by molar-refractivity contribution is 0.0997. The molecule has 92 valence electrons. The first-order valence-corrected chi connectivity index (χ1v) is 5.36. The average molecular weight is 243 g/mol. The molecule has 5 nitrogen and oxygen atoms in total. The molecule has 1 amide bonds. The highest BCUT2D eigenvalue weighted by Gasteiger charge is 2.13. The number of hydrogen-bond donors (Lipinski definition) is 2. The number of nitrogen functional groups attached to an aromatic ring is 1. The lowest BCUT2D eigenvalue weighted by Gasteiger charge is -2.10. The van der Waals surface area contributed by atoms with Crippen LogP contribution in [0.4, 0.5) is 5.69 Å². The van der Waals surface area contributed by atoms with Crippen molar-refractivity contribution in [1.82, 2.24) is 4.98 Å². The molecule has 2 aromatic rings. The van der Waals surface area contributed by atoms with E-state index >= 15 is 0 Å². The van der Waals surface area contributed by atoms with Crippen molar-refractivity contribution in [1.29, 1.82) is 0 Å². The molecule has 4 N–H and O–H groups in total. The van der Waals surface area contributed by atoms with Crippen LogP contribution in [0.15, 0.2) is 36.5 Å². The van der Waals surface area contributed by atoms with Crippen LogP contribution in [0.2, 0.25) is 0 Å². The molecule has 0 fully saturated rings. The van der Waals surface area contributed by atoms with E-state index < -0.39 is 5.91 Å². The number of anilines is 1. The molecule has 0 atom stereocenters. The van der Waals surface area contributed by atoms with Gasteiger partial charge in [0.25, 0.3) is 5.91 Å². The Morgan fingerprint density at radius 3 is 2.72 bits per heavy atom. The Balaban J connectivity index is 2.41. The molecule has 18 heavy (non-hydrogen) atoms. The summed E-state index contributed by atoms with van der Waals surface area (Å²) in [5, 5.41) is 0. The number of carbonyl (C=O) groups is 1. The number of nitrogens with zero attached hydrogens (tertiary/aromatic N) is 1. The molecule has 1 aromatic heterocycles. The number of para-hydroxylation sites is 1. The van der Waals surface area contributed by atoms with Gasteiger partial charge in [0.1, 0.15) is 11.3 Å². The molecule has 0 bridgehead atoms. The van der Waals surface area contributed by atoms with E-state index in [1.165, 1.54) is 12.3 Å². The Morgan fingerprint density at radius 2 is 2.06 bits per heavy atom. The van der Waals surface area contributed by atoms with Gasteiger partial charge in [0.15, 0.2) is 0 Å². The highest BCUT2D eigenvalue weighted by atomic mass is 16.5. The molecule has 0 aliphatic heterocycles. The van der Waals surface area contributed by atoms with Gasteiger partial charge in [-0.25, -0.2) is 4.98 Å². The summed E-state index contributed by atoms with van der Waals surface area (Å²) in [6, 6.07) is 8.87. The van der Waals surface area contributed by atoms with Gasteiger partial charge in [0, 0.05) is 0 Å². The molecule has 0 saturated heterocycles. The minimum atomic E-state index is -0.626. The van der Waals surface area contributed by atoms with E-state index in [4.69, 9.17) is 16.2 Å². The molecule has 0 aliphatic carbocycles. The molecule has 1 heterocycles. The zero-order chi connectivity index (χ0) is 13.1. The third kappa shape index (κ3) is 2.40. The minimum Gasteiger partial charge on any atom is -0.438 e. The zero-order valence-electron chi connectivity index (χ0n) is 9.88. The summed E-state index contributed by atoms with van der Waals surface area (Å²) in [4.78, 5) is 15.3. The number of rotatable bonds is 3. The summed E-state index contributed by atoms with van der Waals surface area (Å²) in [5.74, 6) is 0.154. The maximum atomic E-state index is 11.3. The summed E-state index contributed by atoms with van der Waals surface area (Å²) in [6.45, 7) is 1.90. The van der Waals surface area contributed by atoms with Crippen LogP contribution in [-0.4, -0.2) is 10.9 Å². The standard InChI is InChI=1S/C13H13N3O2/c1-8-4-2-3-5-11(8)18-13-10(12(15)17)6-9(14)7-16-13/h2-7H,14H2,1H3,(H2,15,17). The smallest absolute Gasteiger partial charge is 0.254 e. The second-order valence-electron chi connectivity index (χ2n) is 3.85. The summed E-state index contributed by atoms with van der Waals surface area (Å²) < 4.78 is 5.59. The molecule has 0 spiro atoms. The quantitative estimate of drug-likeness (QED) is 0.860. The third-order valence-corrected chi connectivity index (χ3v) is 2.44. The van der Waals surface area contributed by atoms with Crippen LogP contribution in [0.1, 0.15) is 15.9 Å². The molecule has 0 unspecified atom stereocenters. The second-order valence-corrected chi connectivity index (χ2v) is 3.85. The van der Waals surface area contributed by atoms with Crippen LogP contribution in [0, 0.1) is 6.92 Å². The van der Waals surface area contributed by atoms with Gasteiger partial charge in [-0.3, -0.25) is 4.79 Å². The Labute approximate surface area is 104 Å². The van der Waals surface area contributed by atoms with E-state index in [-0.39, 0.29) is 11.4 Å². The fraction of sp³-hybridized carbons (Fsp3) is 0.0769. The fourth-order valence-corrected chi connectivity index (χ4v) is 1.50. The predicted octanol–water partition coefficient (Wildman–Crippen LogP) is 1.86. The molecular formula is C13H13N3O2. The van der Waals surface area contributed by atoms with Gasteiger partial charge in [-0.05, 0) is 24.6 Å². The van der Waals surface area contributed by atoms with Gasteiger partial charge in [-0.15, -0.1) is 0 Å². The van der Waals surface area contributed by atoms with E-state index in [2.05, 4.69) is 4.98 Å². The normalized spacial score (nSPS) is 10.1. The maximum Gasteiger partial charge on any atom is 0.254 e. The number of amides is 1. The summed E-state index contributed by atoms with van der Waals surface area (Å²) in [6.07, 6.45) is 1.42. The zero-order valence-corrected chi connectivity index (χ0v) is 9.88. The molecule has 0 aliphatic rings. The van der Waals surface area contributed by atoms with Crippen molar-refractivity contribution in [3.63, 3.8) is 0 Å². The molecule has 0 saturated carbocycles. The van der Waals surface area contributed by atoms with Crippen LogP contribution < -0.4 is 16.2 Å². The Kier molecular flexibility index (Phi) is 3.14. The minimum absolute atomic E-state index is 0.158. The fourth-order valence-electron chi connectivity index (χ4n) is 1.50. The maximum absolute atomic E-state index is 11.3.